The highest BCUT2D eigenvalue weighted by Gasteiger charge is 2.11. The van der Waals surface area contributed by atoms with Gasteiger partial charge in [0.1, 0.15) is 5.56 Å². The van der Waals surface area contributed by atoms with Crippen LogP contribution in [0.25, 0.3) is 0 Å². The van der Waals surface area contributed by atoms with Gasteiger partial charge in [-0.15, -0.1) is 0 Å². The van der Waals surface area contributed by atoms with Gasteiger partial charge >= 0.3 is 0 Å². The van der Waals surface area contributed by atoms with E-state index in [1.165, 1.54) is 6.07 Å². The number of amides is 1. The summed E-state index contributed by atoms with van der Waals surface area (Å²) in [6.07, 6.45) is 0. The lowest BCUT2D eigenvalue weighted by Gasteiger charge is -2.08. The molecule has 0 aliphatic rings. The summed E-state index contributed by atoms with van der Waals surface area (Å²) in [4.78, 5) is 26.8. The third-order valence-electron chi connectivity index (χ3n) is 3.66. The standard InChI is InChI=1S/C20H17N3O2/c1-14-12-13-17(19(24)21-14)20(25)23-22-18(15-8-4-2-5-9-15)16-10-6-3-7-11-16/h2-13H,1H3,(H,21,24)(H,23,25). The minimum Gasteiger partial charge on any atom is -0.326 e. The Bertz CT molecular complexity index is 919. The number of hydrogen-bond acceptors (Lipinski definition) is 3. The summed E-state index contributed by atoms with van der Waals surface area (Å²) in [7, 11) is 0. The van der Waals surface area contributed by atoms with E-state index in [1.807, 2.05) is 60.7 Å². The van der Waals surface area contributed by atoms with E-state index in [2.05, 4.69) is 15.5 Å². The fraction of sp³-hybridized carbons (Fsp3) is 0.0500. The van der Waals surface area contributed by atoms with Gasteiger partial charge in [0, 0.05) is 16.8 Å². The minimum atomic E-state index is -0.550. The number of nitrogens with one attached hydrogen (secondary N) is 2. The number of hydrogen-bond donors (Lipinski definition) is 2. The molecule has 2 N–H and O–H groups in total. The topological polar surface area (TPSA) is 74.3 Å². The molecule has 0 aliphatic heterocycles. The number of pyridine rings is 1. The van der Waals surface area contributed by atoms with E-state index >= 15 is 0 Å². The van der Waals surface area contributed by atoms with Crippen LogP contribution in [0.5, 0.6) is 0 Å². The van der Waals surface area contributed by atoms with Crippen molar-refractivity contribution in [1.29, 1.82) is 0 Å². The quantitative estimate of drug-likeness (QED) is 0.570. The number of aromatic amines is 1. The number of carbonyl (C=O) groups is 1. The summed E-state index contributed by atoms with van der Waals surface area (Å²) in [6.45, 7) is 1.75. The first-order chi connectivity index (χ1) is 12.1. The first-order valence-electron chi connectivity index (χ1n) is 7.84. The molecule has 0 bridgehead atoms. The maximum Gasteiger partial charge on any atom is 0.276 e. The van der Waals surface area contributed by atoms with Crippen LogP contribution >= 0.6 is 0 Å². The van der Waals surface area contributed by atoms with E-state index in [0.29, 0.717) is 11.4 Å². The smallest absolute Gasteiger partial charge is 0.276 e. The van der Waals surface area contributed by atoms with Crippen molar-refractivity contribution >= 4 is 11.6 Å². The van der Waals surface area contributed by atoms with Crippen LogP contribution in [0.3, 0.4) is 0 Å². The van der Waals surface area contributed by atoms with E-state index < -0.39 is 11.5 Å². The average Bonchev–Trinajstić information content (AvgIpc) is 2.63. The van der Waals surface area contributed by atoms with Gasteiger partial charge in [-0.2, -0.15) is 5.10 Å². The van der Waals surface area contributed by atoms with Crippen molar-refractivity contribution in [1.82, 2.24) is 10.4 Å². The maximum absolute atomic E-state index is 12.3. The third-order valence-corrected chi connectivity index (χ3v) is 3.66. The summed E-state index contributed by atoms with van der Waals surface area (Å²) in [5.74, 6) is -0.550. The minimum absolute atomic E-state index is 0.0230. The fourth-order valence-corrected chi connectivity index (χ4v) is 2.41. The highest BCUT2D eigenvalue weighted by atomic mass is 16.2. The number of aromatic nitrogens is 1. The fourth-order valence-electron chi connectivity index (χ4n) is 2.41. The molecule has 2 aromatic carbocycles. The summed E-state index contributed by atoms with van der Waals surface area (Å²) in [5, 5.41) is 4.27. The molecule has 5 heteroatoms. The first kappa shape index (κ1) is 16.4. The van der Waals surface area contributed by atoms with Crippen LogP contribution < -0.4 is 11.0 Å². The number of nitrogens with zero attached hydrogens (tertiary/aromatic N) is 1. The number of H-pyrrole nitrogens is 1. The van der Waals surface area contributed by atoms with Crippen molar-refractivity contribution in [3.63, 3.8) is 0 Å². The summed E-state index contributed by atoms with van der Waals surface area (Å²) in [5.41, 5.74) is 5.12. The van der Waals surface area contributed by atoms with Crippen molar-refractivity contribution in [3.05, 3.63) is 106 Å². The van der Waals surface area contributed by atoms with Crippen molar-refractivity contribution in [2.24, 2.45) is 5.10 Å². The van der Waals surface area contributed by atoms with Gasteiger partial charge in [0.25, 0.3) is 11.5 Å². The molecule has 1 heterocycles. The SMILES string of the molecule is Cc1ccc(C(=O)NN=C(c2ccccc2)c2ccccc2)c(=O)[nH]1. The molecule has 124 valence electrons. The summed E-state index contributed by atoms with van der Waals surface area (Å²) in [6, 6.07) is 22.3. The van der Waals surface area contributed by atoms with Crippen LogP contribution in [0.4, 0.5) is 0 Å². The lowest BCUT2D eigenvalue weighted by Crippen LogP contribution is -2.27. The normalized spacial score (nSPS) is 10.1. The van der Waals surface area contributed by atoms with E-state index in [-0.39, 0.29) is 5.56 Å². The Kier molecular flexibility index (Phi) is 4.85. The molecule has 0 saturated carbocycles. The van der Waals surface area contributed by atoms with E-state index in [9.17, 15) is 9.59 Å². The molecule has 25 heavy (non-hydrogen) atoms. The number of aryl methyl sites for hydroxylation is 1. The zero-order chi connectivity index (χ0) is 17.6. The molecule has 0 aliphatic carbocycles. The summed E-state index contributed by atoms with van der Waals surface area (Å²) >= 11 is 0. The van der Waals surface area contributed by atoms with E-state index in [4.69, 9.17) is 0 Å². The second kappa shape index (κ2) is 7.40. The Hall–Kier alpha value is -3.47. The van der Waals surface area contributed by atoms with Gasteiger partial charge in [0.2, 0.25) is 0 Å². The molecule has 0 unspecified atom stereocenters. The first-order valence-corrected chi connectivity index (χ1v) is 7.84. The highest BCUT2D eigenvalue weighted by molar-refractivity contribution is 6.13. The van der Waals surface area contributed by atoms with Crippen LogP contribution in [0.15, 0.2) is 82.7 Å². The number of rotatable bonds is 4. The van der Waals surface area contributed by atoms with E-state index in [0.717, 1.165) is 11.1 Å². The maximum atomic E-state index is 12.3. The Morgan fingerprint density at radius 3 is 1.96 bits per heavy atom. The molecule has 1 aromatic heterocycles. The van der Waals surface area contributed by atoms with Crippen LogP contribution in [-0.2, 0) is 0 Å². The zero-order valence-corrected chi connectivity index (χ0v) is 13.7. The monoisotopic (exact) mass is 331 g/mol. The second-order valence-electron chi connectivity index (χ2n) is 5.52. The van der Waals surface area contributed by atoms with Crippen molar-refractivity contribution in [2.45, 2.75) is 6.92 Å². The Labute approximate surface area is 145 Å². The largest absolute Gasteiger partial charge is 0.326 e. The van der Waals surface area contributed by atoms with Gasteiger partial charge in [-0.1, -0.05) is 60.7 Å². The molecular formula is C20H17N3O2. The highest BCUT2D eigenvalue weighted by Crippen LogP contribution is 2.10. The van der Waals surface area contributed by atoms with Gasteiger partial charge in [-0.25, -0.2) is 5.43 Å². The second-order valence-corrected chi connectivity index (χ2v) is 5.52. The predicted molar refractivity (Wildman–Crippen MR) is 97.8 cm³/mol. The molecule has 0 spiro atoms. The predicted octanol–water partition coefficient (Wildman–Crippen LogP) is 2.87. The molecular weight excluding hydrogens is 314 g/mol. The lowest BCUT2D eigenvalue weighted by atomic mass is 10.0. The molecule has 0 atom stereocenters. The zero-order valence-electron chi connectivity index (χ0n) is 13.7. The van der Waals surface area contributed by atoms with Gasteiger partial charge in [0.05, 0.1) is 5.71 Å². The molecule has 5 nitrogen and oxygen atoms in total. The van der Waals surface area contributed by atoms with Crippen LogP contribution in [0.2, 0.25) is 0 Å². The molecule has 3 rings (SSSR count). The van der Waals surface area contributed by atoms with Crippen LogP contribution in [-0.4, -0.2) is 16.6 Å². The number of carbonyl (C=O) groups excluding carboxylic acids is 1. The Balaban J connectivity index is 1.94. The molecule has 0 radical (unpaired) electrons. The third kappa shape index (κ3) is 3.90. The number of benzene rings is 2. The average molecular weight is 331 g/mol. The van der Waals surface area contributed by atoms with Gasteiger partial charge in [-0.3, -0.25) is 9.59 Å². The van der Waals surface area contributed by atoms with Crippen molar-refractivity contribution in [3.8, 4) is 0 Å². The Morgan fingerprint density at radius 1 is 0.880 bits per heavy atom. The lowest BCUT2D eigenvalue weighted by molar-refractivity contribution is 0.0953. The molecule has 0 saturated heterocycles. The van der Waals surface area contributed by atoms with Crippen molar-refractivity contribution < 1.29 is 4.79 Å². The van der Waals surface area contributed by atoms with Gasteiger partial charge in [-0.05, 0) is 19.1 Å². The van der Waals surface area contributed by atoms with Crippen LogP contribution in [0.1, 0.15) is 27.2 Å². The molecule has 1 amide bonds. The van der Waals surface area contributed by atoms with Crippen molar-refractivity contribution in [2.75, 3.05) is 0 Å². The molecule has 3 aromatic rings. The van der Waals surface area contributed by atoms with Gasteiger partial charge in [0.15, 0.2) is 0 Å². The van der Waals surface area contributed by atoms with E-state index in [1.54, 1.807) is 13.0 Å². The van der Waals surface area contributed by atoms with Gasteiger partial charge < -0.3 is 4.98 Å². The number of hydrazone groups is 1. The summed E-state index contributed by atoms with van der Waals surface area (Å²) < 4.78 is 0. The van der Waals surface area contributed by atoms with Crippen LogP contribution in [0, 0.1) is 6.92 Å². The Morgan fingerprint density at radius 2 is 1.44 bits per heavy atom. The molecule has 0 fully saturated rings.